The van der Waals surface area contributed by atoms with Crippen LogP contribution in [0.1, 0.15) is 18.4 Å². The number of benzene rings is 2. The maximum Gasteiger partial charge on any atom is 0.243 e. The molecule has 0 bridgehead atoms. The number of sulfonamides is 1. The number of nitrogens with zero attached hydrogens (tertiary/aromatic N) is 1. The molecule has 0 atom stereocenters. The van der Waals surface area contributed by atoms with Gasteiger partial charge in [0.05, 0.1) is 18.1 Å². The molecular weight excluding hydrogens is 369 g/mol. The summed E-state index contributed by atoms with van der Waals surface area (Å²) >= 11 is 0. The van der Waals surface area contributed by atoms with Crippen molar-refractivity contribution in [2.45, 2.75) is 17.7 Å². The first-order valence-electron chi connectivity index (χ1n) is 8.89. The zero-order valence-electron chi connectivity index (χ0n) is 14.7. The van der Waals surface area contributed by atoms with Crippen LogP contribution in [0, 0.1) is 5.82 Å². The second-order valence-electron chi connectivity index (χ2n) is 6.51. The quantitative estimate of drug-likeness (QED) is 0.807. The minimum absolute atomic E-state index is 0.199. The van der Waals surface area contributed by atoms with E-state index in [1.165, 1.54) is 22.5 Å². The Balaban J connectivity index is 1.55. The Labute approximate surface area is 158 Å². The van der Waals surface area contributed by atoms with Gasteiger partial charge in [-0.15, -0.1) is 0 Å². The fourth-order valence-electron chi connectivity index (χ4n) is 3.25. The van der Waals surface area contributed by atoms with Crippen molar-refractivity contribution < 1.29 is 22.3 Å². The van der Waals surface area contributed by atoms with Crippen molar-refractivity contribution in [3.05, 3.63) is 59.9 Å². The highest BCUT2D eigenvalue weighted by Gasteiger charge is 2.27. The largest absolute Gasteiger partial charge is 0.490 e. The Hall–Kier alpha value is -2.38. The van der Waals surface area contributed by atoms with Gasteiger partial charge >= 0.3 is 0 Å². The third kappa shape index (κ3) is 3.70. The van der Waals surface area contributed by atoms with Gasteiger partial charge in [-0.05, 0) is 41.8 Å². The molecule has 0 saturated heterocycles. The van der Waals surface area contributed by atoms with Crippen LogP contribution < -0.4 is 9.47 Å². The minimum Gasteiger partial charge on any atom is -0.490 e. The van der Waals surface area contributed by atoms with Crippen LogP contribution in [0.3, 0.4) is 0 Å². The Morgan fingerprint density at radius 2 is 1.70 bits per heavy atom. The molecule has 0 unspecified atom stereocenters. The average molecular weight is 389 g/mol. The van der Waals surface area contributed by atoms with Gasteiger partial charge in [0.15, 0.2) is 11.5 Å². The minimum atomic E-state index is -3.63. The predicted octanol–water partition coefficient (Wildman–Crippen LogP) is 3.47. The third-order valence-electron chi connectivity index (χ3n) is 4.74. The molecule has 2 aromatic rings. The molecule has 2 aliphatic heterocycles. The number of rotatable bonds is 3. The van der Waals surface area contributed by atoms with Crippen molar-refractivity contribution in [1.29, 1.82) is 0 Å². The Kier molecular flexibility index (Phi) is 4.88. The summed E-state index contributed by atoms with van der Waals surface area (Å²) in [5.41, 5.74) is 1.95. The summed E-state index contributed by atoms with van der Waals surface area (Å²) in [6.45, 7) is 1.72. The molecule has 0 saturated carbocycles. The van der Waals surface area contributed by atoms with Crippen LogP contribution in [0.15, 0.2) is 53.4 Å². The Morgan fingerprint density at radius 1 is 0.963 bits per heavy atom. The van der Waals surface area contributed by atoms with Crippen molar-refractivity contribution in [2.75, 3.05) is 26.3 Å². The van der Waals surface area contributed by atoms with Gasteiger partial charge in [-0.3, -0.25) is 0 Å². The van der Waals surface area contributed by atoms with E-state index in [0.29, 0.717) is 37.7 Å². The first-order valence-corrected chi connectivity index (χ1v) is 10.3. The van der Waals surface area contributed by atoms with Gasteiger partial charge in [-0.1, -0.05) is 18.2 Å². The van der Waals surface area contributed by atoms with Crippen molar-refractivity contribution in [2.24, 2.45) is 0 Å². The van der Waals surface area contributed by atoms with Crippen LogP contribution >= 0.6 is 0 Å². The second-order valence-corrected chi connectivity index (χ2v) is 8.45. The van der Waals surface area contributed by atoms with Gasteiger partial charge in [-0.2, -0.15) is 4.31 Å². The van der Waals surface area contributed by atoms with Gasteiger partial charge in [0.2, 0.25) is 10.0 Å². The summed E-state index contributed by atoms with van der Waals surface area (Å²) in [5, 5.41) is 0. The van der Waals surface area contributed by atoms with E-state index >= 15 is 0 Å². The summed E-state index contributed by atoms with van der Waals surface area (Å²) in [4.78, 5) is 0.199. The highest BCUT2D eigenvalue weighted by molar-refractivity contribution is 7.89. The fourth-order valence-corrected chi connectivity index (χ4v) is 4.64. The van der Waals surface area contributed by atoms with E-state index in [1.807, 2.05) is 6.08 Å². The second kappa shape index (κ2) is 7.32. The number of ether oxygens (including phenoxy) is 2. The molecule has 0 spiro atoms. The molecule has 0 N–H and O–H groups in total. The van der Waals surface area contributed by atoms with Crippen molar-refractivity contribution >= 4 is 15.6 Å². The van der Waals surface area contributed by atoms with E-state index in [0.717, 1.165) is 17.6 Å². The summed E-state index contributed by atoms with van der Waals surface area (Å²) in [7, 11) is -3.63. The molecule has 2 aliphatic rings. The monoisotopic (exact) mass is 389 g/mol. The normalized spacial score (nSPS) is 17.9. The SMILES string of the molecule is O=S(=O)(c1ccc2c(c1)OCCCO2)N1CC=C(c2ccc(F)cc2)CC1. The smallest absolute Gasteiger partial charge is 0.243 e. The topological polar surface area (TPSA) is 55.8 Å². The van der Waals surface area contributed by atoms with Gasteiger partial charge in [0.1, 0.15) is 5.82 Å². The first-order chi connectivity index (χ1) is 13.0. The van der Waals surface area contributed by atoms with E-state index in [9.17, 15) is 12.8 Å². The van der Waals surface area contributed by atoms with Crippen molar-refractivity contribution in [1.82, 2.24) is 4.31 Å². The molecule has 0 amide bonds. The fraction of sp³-hybridized carbons (Fsp3) is 0.300. The molecule has 27 heavy (non-hydrogen) atoms. The van der Waals surface area contributed by atoms with Crippen LogP contribution in [-0.2, 0) is 10.0 Å². The highest BCUT2D eigenvalue weighted by atomic mass is 32.2. The number of hydrogen-bond donors (Lipinski definition) is 0. The van der Waals surface area contributed by atoms with Crippen molar-refractivity contribution in [3.63, 3.8) is 0 Å². The standard InChI is InChI=1S/C20H20FNO4S/c21-17-4-2-15(3-5-17)16-8-10-22(11-9-16)27(23,24)18-6-7-19-20(14-18)26-13-1-12-25-19/h2-8,14H,1,9-13H2. The van der Waals surface area contributed by atoms with Crippen LogP contribution in [-0.4, -0.2) is 39.0 Å². The van der Waals surface area contributed by atoms with Gasteiger partial charge in [0, 0.05) is 25.6 Å². The molecule has 2 aromatic carbocycles. The Bertz CT molecular complexity index is 970. The maximum absolute atomic E-state index is 13.1. The summed E-state index contributed by atoms with van der Waals surface area (Å²) in [6.07, 6.45) is 3.23. The molecule has 0 fully saturated rings. The van der Waals surface area contributed by atoms with E-state index in [1.54, 1.807) is 24.3 Å². The van der Waals surface area contributed by atoms with Crippen molar-refractivity contribution in [3.8, 4) is 11.5 Å². The third-order valence-corrected chi connectivity index (χ3v) is 6.60. The van der Waals surface area contributed by atoms with Crippen LogP contribution in [0.25, 0.3) is 5.57 Å². The summed E-state index contributed by atoms with van der Waals surface area (Å²) < 4.78 is 51.7. The number of halogens is 1. The van der Waals surface area contributed by atoms with Gasteiger partial charge < -0.3 is 9.47 Å². The van der Waals surface area contributed by atoms with E-state index in [4.69, 9.17) is 9.47 Å². The lowest BCUT2D eigenvalue weighted by Gasteiger charge is -2.26. The highest BCUT2D eigenvalue weighted by Crippen LogP contribution is 2.34. The first kappa shape index (κ1) is 18.0. The van der Waals surface area contributed by atoms with E-state index in [2.05, 4.69) is 0 Å². The maximum atomic E-state index is 13.1. The van der Waals surface area contributed by atoms with Crippen LogP contribution in [0.5, 0.6) is 11.5 Å². The summed E-state index contributed by atoms with van der Waals surface area (Å²) in [6, 6.07) is 11.0. The number of hydrogen-bond acceptors (Lipinski definition) is 4. The lowest BCUT2D eigenvalue weighted by atomic mass is 10.0. The van der Waals surface area contributed by atoms with E-state index < -0.39 is 10.0 Å². The zero-order chi connectivity index (χ0) is 18.9. The zero-order valence-corrected chi connectivity index (χ0v) is 15.5. The van der Waals surface area contributed by atoms with E-state index in [-0.39, 0.29) is 17.3 Å². The molecular formula is C20H20FNO4S. The Morgan fingerprint density at radius 3 is 2.41 bits per heavy atom. The molecule has 7 heteroatoms. The molecule has 4 rings (SSSR count). The molecule has 142 valence electrons. The molecule has 0 aliphatic carbocycles. The van der Waals surface area contributed by atoms with Gasteiger partial charge in [0.25, 0.3) is 0 Å². The van der Waals surface area contributed by atoms with Crippen LogP contribution in [0.2, 0.25) is 0 Å². The lowest BCUT2D eigenvalue weighted by Crippen LogP contribution is -2.34. The van der Waals surface area contributed by atoms with Crippen LogP contribution in [0.4, 0.5) is 4.39 Å². The predicted molar refractivity (Wildman–Crippen MR) is 99.8 cm³/mol. The average Bonchev–Trinajstić information content (AvgIpc) is 2.93. The molecule has 5 nitrogen and oxygen atoms in total. The molecule has 0 radical (unpaired) electrons. The summed E-state index contributed by atoms with van der Waals surface area (Å²) in [5.74, 6) is 0.755. The lowest BCUT2D eigenvalue weighted by molar-refractivity contribution is 0.297. The molecule has 0 aromatic heterocycles. The molecule has 2 heterocycles. The van der Waals surface area contributed by atoms with Gasteiger partial charge in [-0.25, -0.2) is 12.8 Å². The number of fused-ring (bicyclic) bond motifs is 1.